The van der Waals surface area contributed by atoms with Crippen LogP contribution in [0.4, 0.5) is 0 Å². The molecule has 6 nitrogen and oxygen atoms in total. The molecule has 3 aromatic heterocycles. The van der Waals surface area contributed by atoms with E-state index in [9.17, 15) is 4.79 Å². The van der Waals surface area contributed by atoms with Crippen molar-refractivity contribution in [2.24, 2.45) is 0 Å². The highest BCUT2D eigenvalue weighted by Crippen LogP contribution is 2.31. The van der Waals surface area contributed by atoms with Crippen LogP contribution in [0, 0.1) is 0 Å². The average Bonchev–Trinajstić information content (AvgIpc) is 3.32. The van der Waals surface area contributed by atoms with Gasteiger partial charge < -0.3 is 4.57 Å². The van der Waals surface area contributed by atoms with Gasteiger partial charge in [-0.1, -0.05) is 36.6 Å². The minimum atomic E-state index is -0.0331. The minimum absolute atomic E-state index is 0.0331. The second-order valence-corrected chi connectivity index (χ2v) is 7.11. The van der Waals surface area contributed by atoms with Gasteiger partial charge in [-0.15, -0.1) is 0 Å². The van der Waals surface area contributed by atoms with E-state index in [4.69, 9.17) is 11.6 Å². The van der Waals surface area contributed by atoms with E-state index in [1.807, 2.05) is 41.1 Å². The van der Waals surface area contributed by atoms with Crippen LogP contribution < -0.4 is 5.56 Å². The third kappa shape index (κ3) is 2.33. The van der Waals surface area contributed by atoms with Crippen LogP contribution in [-0.4, -0.2) is 24.1 Å². The molecule has 5 rings (SSSR count). The Morgan fingerprint density at radius 1 is 1.15 bits per heavy atom. The van der Waals surface area contributed by atoms with Crippen LogP contribution in [-0.2, 0) is 0 Å². The molecular weight excluding hydrogens is 350 g/mol. The van der Waals surface area contributed by atoms with Crippen LogP contribution >= 0.6 is 11.6 Å². The predicted molar refractivity (Wildman–Crippen MR) is 100 cm³/mol. The smallest absolute Gasteiger partial charge is 0.262 e. The van der Waals surface area contributed by atoms with Crippen LogP contribution in [0.5, 0.6) is 0 Å². The van der Waals surface area contributed by atoms with Gasteiger partial charge in [0, 0.05) is 22.8 Å². The number of benzene rings is 1. The Labute approximate surface area is 154 Å². The van der Waals surface area contributed by atoms with Crippen LogP contribution in [0.25, 0.3) is 27.9 Å². The van der Waals surface area contributed by atoms with Crippen molar-refractivity contribution < 1.29 is 0 Å². The first-order valence-corrected chi connectivity index (χ1v) is 9.11. The molecule has 0 atom stereocenters. The van der Waals surface area contributed by atoms with E-state index >= 15 is 0 Å². The normalized spacial score (nSPS) is 15.3. The van der Waals surface area contributed by atoms with E-state index in [-0.39, 0.29) is 11.6 Å². The quantitative estimate of drug-likeness (QED) is 0.540. The van der Waals surface area contributed by atoms with E-state index in [1.165, 1.54) is 6.33 Å². The first-order valence-electron chi connectivity index (χ1n) is 8.73. The van der Waals surface area contributed by atoms with Crippen molar-refractivity contribution in [2.75, 3.05) is 0 Å². The number of hydrogen-bond acceptors (Lipinski definition) is 4. The van der Waals surface area contributed by atoms with Gasteiger partial charge in [-0.05, 0) is 31.0 Å². The zero-order valence-corrected chi connectivity index (χ0v) is 14.7. The van der Waals surface area contributed by atoms with Gasteiger partial charge in [-0.25, -0.2) is 4.98 Å². The molecule has 0 amide bonds. The molecule has 0 aliphatic heterocycles. The van der Waals surface area contributed by atoms with Gasteiger partial charge >= 0.3 is 0 Å². The summed E-state index contributed by atoms with van der Waals surface area (Å²) >= 11 is 6.20. The fourth-order valence-electron chi connectivity index (χ4n) is 3.91. The number of rotatable bonds is 2. The molecule has 4 aromatic rings. The summed E-state index contributed by atoms with van der Waals surface area (Å²) in [5, 5.41) is 5.45. The standard InChI is InChI=1S/C19H16ClN5O/c20-13-5-3-4-12(10-13)17-16-15(23-19-21-11-22-25(17)19)8-9-24(18(16)26)14-6-1-2-7-14/h3-5,8-11,14H,1-2,6-7H2. The van der Waals surface area contributed by atoms with Gasteiger partial charge in [0.1, 0.15) is 6.33 Å². The molecule has 1 fully saturated rings. The molecule has 0 bridgehead atoms. The summed E-state index contributed by atoms with van der Waals surface area (Å²) in [6, 6.07) is 9.59. The first kappa shape index (κ1) is 15.5. The number of nitrogens with zero attached hydrogens (tertiary/aromatic N) is 5. The molecule has 7 heteroatoms. The minimum Gasteiger partial charge on any atom is -0.312 e. The van der Waals surface area contributed by atoms with Crippen molar-refractivity contribution in [2.45, 2.75) is 31.7 Å². The van der Waals surface area contributed by atoms with Crippen molar-refractivity contribution in [1.82, 2.24) is 24.1 Å². The van der Waals surface area contributed by atoms with Crippen molar-refractivity contribution in [3.05, 3.63) is 58.2 Å². The number of fused-ring (bicyclic) bond motifs is 2. The largest absolute Gasteiger partial charge is 0.312 e. The van der Waals surface area contributed by atoms with Gasteiger partial charge in [0.2, 0.25) is 0 Å². The molecule has 0 unspecified atom stereocenters. The van der Waals surface area contributed by atoms with E-state index in [1.54, 1.807) is 4.52 Å². The van der Waals surface area contributed by atoms with Crippen LogP contribution in [0.2, 0.25) is 5.02 Å². The average molecular weight is 366 g/mol. The lowest BCUT2D eigenvalue weighted by Crippen LogP contribution is -2.24. The molecule has 0 saturated heterocycles. The topological polar surface area (TPSA) is 65.1 Å². The monoisotopic (exact) mass is 365 g/mol. The van der Waals surface area contributed by atoms with Crippen molar-refractivity contribution >= 4 is 28.3 Å². The molecule has 26 heavy (non-hydrogen) atoms. The molecule has 0 radical (unpaired) electrons. The fourth-order valence-corrected chi connectivity index (χ4v) is 4.10. The molecule has 1 aromatic carbocycles. The highest BCUT2D eigenvalue weighted by molar-refractivity contribution is 6.30. The number of hydrogen-bond donors (Lipinski definition) is 0. The second kappa shape index (κ2) is 5.92. The van der Waals surface area contributed by atoms with Crippen LogP contribution in [0.1, 0.15) is 31.7 Å². The Balaban J connectivity index is 1.90. The van der Waals surface area contributed by atoms with Crippen LogP contribution in [0.3, 0.4) is 0 Å². The number of pyridine rings is 1. The first-order chi connectivity index (χ1) is 12.7. The Hall–Kier alpha value is -2.73. The van der Waals surface area contributed by atoms with Gasteiger partial charge in [-0.2, -0.15) is 14.6 Å². The van der Waals surface area contributed by atoms with Gasteiger partial charge in [0.25, 0.3) is 11.3 Å². The maximum absolute atomic E-state index is 13.4. The van der Waals surface area contributed by atoms with Crippen LogP contribution in [0.15, 0.2) is 47.7 Å². The third-order valence-electron chi connectivity index (χ3n) is 5.11. The van der Waals surface area contributed by atoms with Gasteiger partial charge in [0.05, 0.1) is 16.6 Å². The summed E-state index contributed by atoms with van der Waals surface area (Å²) in [6.07, 6.45) is 7.72. The number of halogens is 1. The molecule has 130 valence electrons. The van der Waals surface area contributed by atoms with Crippen molar-refractivity contribution in [3.63, 3.8) is 0 Å². The van der Waals surface area contributed by atoms with Gasteiger partial charge in [-0.3, -0.25) is 4.79 Å². The van der Waals surface area contributed by atoms with Gasteiger partial charge in [0.15, 0.2) is 0 Å². The molecule has 3 heterocycles. The predicted octanol–water partition coefficient (Wildman–Crippen LogP) is 3.87. The fraction of sp³-hybridized carbons (Fsp3) is 0.263. The third-order valence-corrected chi connectivity index (χ3v) is 5.35. The highest BCUT2D eigenvalue weighted by atomic mass is 35.5. The second-order valence-electron chi connectivity index (χ2n) is 6.67. The Bertz CT molecular complexity index is 1190. The van der Waals surface area contributed by atoms with E-state index in [2.05, 4.69) is 15.1 Å². The zero-order chi connectivity index (χ0) is 17.7. The van der Waals surface area contributed by atoms with Crippen molar-refractivity contribution in [3.8, 4) is 11.3 Å². The summed E-state index contributed by atoms with van der Waals surface area (Å²) < 4.78 is 3.47. The maximum Gasteiger partial charge on any atom is 0.262 e. The molecule has 1 aliphatic carbocycles. The molecule has 1 saturated carbocycles. The van der Waals surface area contributed by atoms with Crippen molar-refractivity contribution in [1.29, 1.82) is 0 Å². The molecule has 0 N–H and O–H groups in total. The maximum atomic E-state index is 13.4. The lowest BCUT2D eigenvalue weighted by atomic mass is 10.1. The summed E-state index contributed by atoms with van der Waals surface area (Å²) in [4.78, 5) is 22.1. The summed E-state index contributed by atoms with van der Waals surface area (Å²) in [7, 11) is 0. The Morgan fingerprint density at radius 3 is 2.81 bits per heavy atom. The van der Waals surface area contributed by atoms with E-state index in [0.717, 1.165) is 31.2 Å². The SMILES string of the molecule is O=c1c2c(-c3cccc(Cl)c3)n3ncnc3nc2ccn1C1CCCC1. The molecule has 0 spiro atoms. The summed E-state index contributed by atoms with van der Waals surface area (Å²) in [5.41, 5.74) is 2.10. The molecule has 1 aliphatic rings. The summed E-state index contributed by atoms with van der Waals surface area (Å²) in [6.45, 7) is 0. The Kier molecular flexibility index (Phi) is 3.53. The lowest BCUT2D eigenvalue weighted by molar-refractivity contribution is 0.505. The Morgan fingerprint density at radius 2 is 2.00 bits per heavy atom. The molecular formula is C19H16ClN5O. The lowest BCUT2D eigenvalue weighted by Gasteiger charge is -2.15. The zero-order valence-electron chi connectivity index (χ0n) is 14.0. The highest BCUT2D eigenvalue weighted by Gasteiger charge is 2.22. The number of aromatic nitrogens is 5. The summed E-state index contributed by atoms with van der Waals surface area (Å²) in [5.74, 6) is 0.463. The van der Waals surface area contributed by atoms with E-state index in [0.29, 0.717) is 27.4 Å². The van der Waals surface area contributed by atoms with E-state index < -0.39 is 0 Å².